The maximum absolute atomic E-state index is 13.9. The molecule has 0 bridgehead atoms. The van der Waals surface area contributed by atoms with Gasteiger partial charge in [0.1, 0.15) is 19.0 Å². The first-order valence-electron chi connectivity index (χ1n) is 19.0. The van der Waals surface area contributed by atoms with Crippen LogP contribution in [0.15, 0.2) is 96.0 Å². The topological polar surface area (TPSA) is 101 Å². The Morgan fingerprint density at radius 3 is 2.13 bits per heavy atom. The van der Waals surface area contributed by atoms with Gasteiger partial charge in [-0.2, -0.15) is 0 Å². The summed E-state index contributed by atoms with van der Waals surface area (Å²) in [6.07, 6.45) is 5.05. The number of amides is 2. The van der Waals surface area contributed by atoms with E-state index in [1.807, 2.05) is 65.7 Å². The van der Waals surface area contributed by atoms with Gasteiger partial charge >= 0.3 is 0 Å². The second-order valence-electron chi connectivity index (χ2n) is 15.2. The number of aryl methyl sites for hydroxylation is 1. The lowest BCUT2D eigenvalue weighted by atomic mass is 9.98. The summed E-state index contributed by atoms with van der Waals surface area (Å²) in [5, 5.41) is 10.4. The molecule has 0 radical (unpaired) electrons. The van der Waals surface area contributed by atoms with Gasteiger partial charge in [0.25, 0.3) is 11.8 Å². The number of benzene rings is 5. The molecule has 4 aliphatic rings. The number of rotatable bonds is 9. The molecule has 1 N–H and O–H groups in total. The van der Waals surface area contributed by atoms with Crippen LogP contribution in [0.25, 0.3) is 0 Å². The number of aliphatic hydroxyl groups excluding tert-OH is 1. The molecule has 55 heavy (non-hydrogen) atoms. The molecule has 4 heterocycles. The van der Waals surface area contributed by atoms with E-state index in [2.05, 4.69) is 38.1 Å². The van der Waals surface area contributed by atoms with E-state index in [0.29, 0.717) is 46.0 Å². The third kappa shape index (κ3) is 6.22. The van der Waals surface area contributed by atoms with E-state index >= 15 is 0 Å². The minimum absolute atomic E-state index is 0.00456. The SMILES string of the molecule is COc1cc2c(cc1OCc1cc(COc3cc4c(cc3CO)C(=O)N3c5ccccc5C[C@H]3C=N4)cc(C(C)C)c1)CC[C@@H]1Cc3ccccc3N1C2=O. The molecular formula is C46H43N3O6. The van der Waals surface area contributed by atoms with Crippen molar-refractivity contribution in [2.75, 3.05) is 16.9 Å². The van der Waals surface area contributed by atoms with E-state index in [-0.39, 0.29) is 49.6 Å². The van der Waals surface area contributed by atoms with Crippen LogP contribution < -0.4 is 24.0 Å². The van der Waals surface area contributed by atoms with E-state index in [1.54, 1.807) is 24.1 Å². The molecule has 0 saturated carbocycles. The highest BCUT2D eigenvalue weighted by molar-refractivity contribution is 6.14. The summed E-state index contributed by atoms with van der Waals surface area (Å²) in [5.41, 5.74) is 10.4. The maximum Gasteiger partial charge on any atom is 0.261 e. The van der Waals surface area contributed by atoms with Crippen molar-refractivity contribution in [1.29, 1.82) is 0 Å². The Hall–Kier alpha value is -5.93. The van der Waals surface area contributed by atoms with Gasteiger partial charge in [0.15, 0.2) is 11.5 Å². The van der Waals surface area contributed by atoms with Gasteiger partial charge in [-0.25, -0.2) is 0 Å². The first kappa shape index (κ1) is 34.8. The number of aliphatic hydroxyl groups is 1. The molecule has 4 aliphatic heterocycles. The second kappa shape index (κ2) is 14.0. The average molecular weight is 734 g/mol. The number of anilines is 2. The third-order valence-electron chi connectivity index (χ3n) is 11.4. The van der Waals surface area contributed by atoms with E-state index in [9.17, 15) is 14.7 Å². The Morgan fingerprint density at radius 1 is 0.745 bits per heavy atom. The Labute approximate surface area is 320 Å². The standard InChI is InChI=1S/C46H43N3O6/c1-27(2)33-15-28(25-54-42-22-39-38(19-34(42)24-50)46(52)49-36(23-47-39)18-32-9-5-7-11-41(32)49)14-29(16-33)26-55-44-20-30-12-13-35-17-31-8-4-6-10-40(31)48(35)45(51)37(30)21-43(44)53-3/h4-11,14-16,19-23,27,35-36,50H,12-13,17-18,24-26H2,1-3H3/t35-,36+/m1/s1. The van der Waals surface area contributed by atoms with Gasteiger partial charge in [-0.05, 0) is 95.0 Å². The number of aliphatic imine (C=N–C) groups is 1. The lowest BCUT2D eigenvalue weighted by molar-refractivity contribution is 0.0975. The lowest BCUT2D eigenvalue weighted by Crippen LogP contribution is -2.37. The van der Waals surface area contributed by atoms with E-state index in [4.69, 9.17) is 19.2 Å². The summed E-state index contributed by atoms with van der Waals surface area (Å²) in [6, 6.07) is 29.7. The average Bonchev–Trinajstić information content (AvgIpc) is 3.70. The van der Waals surface area contributed by atoms with Gasteiger partial charge in [-0.1, -0.05) is 62.4 Å². The monoisotopic (exact) mass is 733 g/mol. The zero-order valence-corrected chi connectivity index (χ0v) is 31.2. The molecule has 9 rings (SSSR count). The number of ether oxygens (including phenoxy) is 3. The van der Waals surface area contributed by atoms with Gasteiger partial charge in [0.2, 0.25) is 0 Å². The molecule has 0 saturated heterocycles. The predicted octanol–water partition coefficient (Wildman–Crippen LogP) is 8.27. The van der Waals surface area contributed by atoms with Gasteiger partial charge < -0.3 is 24.2 Å². The second-order valence-corrected chi connectivity index (χ2v) is 15.2. The number of carbonyl (C=O) groups excluding carboxylic acids is 2. The molecule has 9 heteroatoms. The Morgan fingerprint density at radius 2 is 1.42 bits per heavy atom. The van der Waals surface area contributed by atoms with E-state index < -0.39 is 0 Å². The van der Waals surface area contributed by atoms with Gasteiger partial charge in [-0.3, -0.25) is 19.5 Å². The van der Waals surface area contributed by atoms with Crippen molar-refractivity contribution in [2.45, 2.75) is 77.4 Å². The zero-order chi connectivity index (χ0) is 37.8. The van der Waals surface area contributed by atoms with Crippen LogP contribution in [0, 0.1) is 0 Å². The fraction of sp³-hybridized carbons (Fsp3) is 0.283. The first-order chi connectivity index (χ1) is 26.8. The largest absolute Gasteiger partial charge is 0.493 e. The summed E-state index contributed by atoms with van der Waals surface area (Å²) < 4.78 is 18.6. The van der Waals surface area contributed by atoms with Crippen molar-refractivity contribution in [2.24, 2.45) is 4.99 Å². The van der Waals surface area contributed by atoms with Crippen molar-refractivity contribution in [3.05, 3.63) is 141 Å². The number of hydrogen-bond acceptors (Lipinski definition) is 7. The fourth-order valence-corrected chi connectivity index (χ4v) is 8.55. The van der Waals surface area contributed by atoms with Crippen LogP contribution in [0.5, 0.6) is 17.2 Å². The number of hydrogen-bond donors (Lipinski definition) is 1. The summed E-state index contributed by atoms with van der Waals surface area (Å²) >= 11 is 0. The third-order valence-corrected chi connectivity index (χ3v) is 11.4. The molecule has 0 unspecified atom stereocenters. The van der Waals surface area contributed by atoms with Crippen LogP contribution in [-0.4, -0.2) is 42.3 Å². The molecular weight excluding hydrogens is 691 g/mol. The molecule has 0 spiro atoms. The van der Waals surface area contributed by atoms with Gasteiger partial charge in [-0.15, -0.1) is 0 Å². The highest BCUT2D eigenvalue weighted by atomic mass is 16.5. The minimum atomic E-state index is -0.287. The predicted molar refractivity (Wildman–Crippen MR) is 213 cm³/mol. The fourth-order valence-electron chi connectivity index (χ4n) is 8.55. The van der Waals surface area contributed by atoms with Crippen molar-refractivity contribution in [3.63, 3.8) is 0 Å². The smallest absolute Gasteiger partial charge is 0.261 e. The van der Waals surface area contributed by atoms with Crippen LogP contribution in [0.2, 0.25) is 0 Å². The normalized spacial score (nSPS) is 17.8. The molecule has 5 aromatic carbocycles. The van der Waals surface area contributed by atoms with Crippen LogP contribution in [-0.2, 0) is 39.1 Å². The number of nitrogens with zero attached hydrogens (tertiary/aromatic N) is 3. The van der Waals surface area contributed by atoms with Crippen molar-refractivity contribution in [3.8, 4) is 17.2 Å². The highest BCUT2D eigenvalue weighted by Crippen LogP contribution is 2.42. The van der Waals surface area contributed by atoms with Crippen molar-refractivity contribution < 1.29 is 28.9 Å². The molecule has 2 amide bonds. The van der Waals surface area contributed by atoms with Crippen LogP contribution >= 0.6 is 0 Å². The minimum Gasteiger partial charge on any atom is -0.493 e. The summed E-state index contributed by atoms with van der Waals surface area (Å²) in [4.78, 5) is 36.3. The quantitative estimate of drug-likeness (QED) is 0.164. The molecule has 0 aromatic heterocycles. The Kier molecular flexibility index (Phi) is 8.89. The Bertz CT molecular complexity index is 2380. The molecule has 0 aliphatic carbocycles. The summed E-state index contributed by atoms with van der Waals surface area (Å²) in [7, 11) is 1.60. The molecule has 9 nitrogen and oxygen atoms in total. The van der Waals surface area contributed by atoms with E-state index in [1.165, 1.54) is 5.56 Å². The highest BCUT2D eigenvalue weighted by Gasteiger charge is 2.38. The maximum atomic E-state index is 13.9. The van der Waals surface area contributed by atoms with Crippen LogP contribution in [0.1, 0.15) is 85.8 Å². The summed E-state index contributed by atoms with van der Waals surface area (Å²) in [6.45, 7) is 4.54. The van der Waals surface area contributed by atoms with Crippen molar-refractivity contribution >= 4 is 35.1 Å². The molecule has 0 fully saturated rings. The Balaban J connectivity index is 0.944. The van der Waals surface area contributed by atoms with Gasteiger partial charge in [0, 0.05) is 47.2 Å². The lowest BCUT2D eigenvalue weighted by Gasteiger charge is -2.23. The van der Waals surface area contributed by atoms with Gasteiger partial charge in [0.05, 0.1) is 31.0 Å². The van der Waals surface area contributed by atoms with Crippen molar-refractivity contribution in [1.82, 2.24) is 0 Å². The number of methoxy groups -OCH3 is 1. The molecule has 2 atom stereocenters. The zero-order valence-electron chi connectivity index (χ0n) is 31.2. The van der Waals surface area contributed by atoms with Crippen LogP contribution in [0.3, 0.4) is 0 Å². The first-order valence-corrected chi connectivity index (χ1v) is 19.0. The number of carbonyl (C=O) groups is 2. The summed E-state index contributed by atoms with van der Waals surface area (Å²) in [5.74, 6) is 1.72. The van der Waals surface area contributed by atoms with Crippen LogP contribution in [0.4, 0.5) is 17.1 Å². The van der Waals surface area contributed by atoms with E-state index in [0.717, 1.165) is 58.5 Å². The number of para-hydroxylation sites is 2. The molecule has 5 aromatic rings. The molecule has 278 valence electrons. The number of fused-ring (bicyclic) bond motifs is 8.